The molecular formula is C7H16N2O3. The van der Waals surface area contributed by atoms with Gasteiger partial charge >= 0.3 is 6.09 Å². The summed E-state index contributed by atoms with van der Waals surface area (Å²) in [7, 11) is 4.74. The number of nitrogens with one attached hydrogen (secondary N) is 1. The normalized spacial score (nSPS) is 13.8. The number of likely N-dealkylation sites (N-methyl/N-ethyl adjacent to an activating group) is 1. The molecule has 0 rings (SSSR count). The Morgan fingerprint density at radius 3 is 2.50 bits per heavy atom. The highest BCUT2D eigenvalue weighted by Gasteiger charge is 2.18. The largest absolute Gasteiger partial charge is 0.848 e. The van der Waals surface area contributed by atoms with Crippen molar-refractivity contribution in [3.63, 3.8) is 0 Å². The minimum absolute atomic E-state index is 0.136. The van der Waals surface area contributed by atoms with Gasteiger partial charge in [-0.3, -0.25) is 0 Å². The summed E-state index contributed by atoms with van der Waals surface area (Å²) in [6.45, 7) is 1.88. The fourth-order valence-electron chi connectivity index (χ4n) is 0.981. The molecule has 0 aromatic heterocycles. The first kappa shape index (κ1) is 11.2. The van der Waals surface area contributed by atoms with E-state index >= 15 is 0 Å². The molecule has 0 fully saturated rings. The molecule has 5 heteroatoms. The van der Waals surface area contributed by atoms with Crippen LogP contribution in [0.3, 0.4) is 0 Å². The molecule has 0 spiro atoms. The van der Waals surface area contributed by atoms with Gasteiger partial charge in [0.25, 0.3) is 0 Å². The van der Waals surface area contributed by atoms with Crippen molar-refractivity contribution < 1.29 is 19.2 Å². The van der Waals surface area contributed by atoms with E-state index in [1.807, 2.05) is 0 Å². The summed E-state index contributed by atoms with van der Waals surface area (Å²) in [4.78, 5) is 10.8. The molecule has 5 nitrogen and oxygen atoms in total. The van der Waals surface area contributed by atoms with Gasteiger partial charge in [0.2, 0.25) is 0 Å². The second-order valence-corrected chi connectivity index (χ2v) is 3.28. The average molecular weight is 176 g/mol. The third kappa shape index (κ3) is 4.92. The van der Waals surface area contributed by atoms with E-state index in [0.717, 1.165) is 0 Å². The molecule has 0 aromatic rings. The molecule has 12 heavy (non-hydrogen) atoms. The molecular weight excluding hydrogens is 160 g/mol. The number of methoxy groups -OCH3 is 1. The molecule has 1 N–H and O–H groups in total. The van der Waals surface area contributed by atoms with Crippen molar-refractivity contribution in [2.24, 2.45) is 0 Å². The Balaban J connectivity index is 3.94. The van der Waals surface area contributed by atoms with Crippen molar-refractivity contribution in [3.8, 4) is 0 Å². The standard InChI is InChI=1S/C7H16N2O3/c1-6(10)5-9(2,3)8-7(11)12-4/h6H,5H2,1-4H3,(H,8,11). The molecule has 0 radical (unpaired) electrons. The topological polar surface area (TPSA) is 61.4 Å². The monoisotopic (exact) mass is 176 g/mol. The lowest BCUT2D eigenvalue weighted by Gasteiger charge is -2.32. The quantitative estimate of drug-likeness (QED) is 0.447. The van der Waals surface area contributed by atoms with Crippen molar-refractivity contribution in [2.45, 2.75) is 13.0 Å². The maximum atomic E-state index is 10.8. The molecule has 0 heterocycles. The zero-order valence-corrected chi connectivity index (χ0v) is 7.96. The first-order chi connectivity index (χ1) is 5.37. The van der Waals surface area contributed by atoms with Crippen molar-refractivity contribution in [1.82, 2.24) is 5.43 Å². The SMILES string of the molecule is COC(=O)N[N+](C)(C)CC(C)[O-]. The lowest BCUT2D eigenvalue weighted by atomic mass is 10.4. The summed E-state index contributed by atoms with van der Waals surface area (Å²) < 4.78 is 4.54. The molecule has 72 valence electrons. The van der Waals surface area contributed by atoms with Crippen LogP contribution in [0.15, 0.2) is 0 Å². The van der Waals surface area contributed by atoms with Crippen LogP contribution >= 0.6 is 0 Å². The van der Waals surface area contributed by atoms with Gasteiger partial charge in [0, 0.05) is 0 Å². The maximum absolute atomic E-state index is 10.8. The first-order valence-corrected chi connectivity index (χ1v) is 3.72. The zero-order chi connectivity index (χ0) is 9.78. The third-order valence-corrected chi connectivity index (χ3v) is 1.29. The Bertz CT molecular complexity index is 157. The fourth-order valence-corrected chi connectivity index (χ4v) is 0.981. The summed E-state index contributed by atoms with van der Waals surface area (Å²) in [6, 6.07) is 0. The molecule has 0 aliphatic rings. The fraction of sp³-hybridized carbons (Fsp3) is 0.857. The van der Waals surface area contributed by atoms with Crippen LogP contribution in [0.2, 0.25) is 0 Å². The molecule has 0 saturated heterocycles. The number of carbonyl (C=O) groups is 1. The lowest BCUT2D eigenvalue weighted by molar-refractivity contribution is -0.933. The van der Waals surface area contributed by atoms with E-state index in [-0.39, 0.29) is 4.59 Å². The van der Waals surface area contributed by atoms with Crippen LogP contribution in [-0.2, 0) is 4.74 Å². The number of hydrogen-bond donors (Lipinski definition) is 1. The van der Waals surface area contributed by atoms with Gasteiger partial charge in [-0.1, -0.05) is 13.0 Å². The van der Waals surface area contributed by atoms with Crippen LogP contribution in [0.4, 0.5) is 4.79 Å². The molecule has 1 unspecified atom stereocenters. The summed E-state index contributed by atoms with van der Waals surface area (Å²) in [5.41, 5.74) is 2.51. The Kier molecular flexibility index (Phi) is 3.99. The molecule has 0 aromatic carbocycles. The highest BCUT2D eigenvalue weighted by atomic mass is 16.5. The van der Waals surface area contributed by atoms with Gasteiger partial charge in [0.1, 0.15) is 0 Å². The van der Waals surface area contributed by atoms with Crippen LogP contribution in [-0.4, -0.2) is 44.5 Å². The van der Waals surface area contributed by atoms with E-state index in [0.29, 0.717) is 6.54 Å². The predicted molar refractivity (Wildman–Crippen MR) is 42.0 cm³/mol. The average Bonchev–Trinajstić information content (AvgIpc) is 1.83. The van der Waals surface area contributed by atoms with Crippen molar-refractivity contribution in [3.05, 3.63) is 0 Å². The van der Waals surface area contributed by atoms with E-state index in [9.17, 15) is 9.90 Å². The highest BCUT2D eigenvalue weighted by molar-refractivity contribution is 5.65. The second-order valence-electron chi connectivity index (χ2n) is 3.28. The van der Waals surface area contributed by atoms with Gasteiger partial charge in [-0.25, -0.2) is 9.39 Å². The van der Waals surface area contributed by atoms with E-state index in [4.69, 9.17) is 0 Å². The van der Waals surface area contributed by atoms with Crippen LogP contribution in [0, 0.1) is 0 Å². The van der Waals surface area contributed by atoms with Crippen LogP contribution in [0.1, 0.15) is 6.92 Å². The van der Waals surface area contributed by atoms with Gasteiger partial charge in [-0.2, -0.15) is 5.43 Å². The second kappa shape index (κ2) is 4.27. The summed E-state index contributed by atoms with van der Waals surface area (Å²) in [6.07, 6.45) is -1.24. The summed E-state index contributed by atoms with van der Waals surface area (Å²) in [5, 5.41) is 10.8. The number of carbonyl (C=O) groups excluding carboxylic acids is 1. The zero-order valence-electron chi connectivity index (χ0n) is 7.96. The number of ether oxygens (including phenoxy) is 1. The van der Waals surface area contributed by atoms with Crippen LogP contribution in [0.5, 0.6) is 0 Å². The molecule has 0 aliphatic carbocycles. The van der Waals surface area contributed by atoms with Gasteiger partial charge in [-0.05, 0) is 0 Å². The summed E-state index contributed by atoms with van der Waals surface area (Å²) >= 11 is 0. The number of amides is 1. The highest BCUT2D eigenvalue weighted by Crippen LogP contribution is 1.93. The van der Waals surface area contributed by atoms with Gasteiger partial charge < -0.3 is 9.84 Å². The minimum atomic E-state index is -0.711. The van der Waals surface area contributed by atoms with E-state index in [2.05, 4.69) is 10.2 Å². The van der Waals surface area contributed by atoms with Gasteiger partial charge in [-0.15, -0.1) is 0 Å². The third-order valence-electron chi connectivity index (χ3n) is 1.29. The first-order valence-electron chi connectivity index (χ1n) is 3.72. The Morgan fingerprint density at radius 2 is 2.17 bits per heavy atom. The number of rotatable bonds is 3. The molecule has 1 amide bonds. The van der Waals surface area contributed by atoms with Crippen LogP contribution < -0.4 is 10.5 Å². The van der Waals surface area contributed by atoms with E-state index < -0.39 is 12.2 Å². The van der Waals surface area contributed by atoms with E-state index in [1.54, 1.807) is 21.0 Å². The predicted octanol–water partition coefficient (Wildman–Crippen LogP) is -0.917. The number of hydrogen-bond acceptors (Lipinski definition) is 3. The number of quaternary nitrogens is 1. The van der Waals surface area contributed by atoms with Crippen molar-refractivity contribution in [1.29, 1.82) is 0 Å². The molecule has 0 saturated carbocycles. The van der Waals surface area contributed by atoms with Crippen LogP contribution in [0.25, 0.3) is 0 Å². The summed E-state index contributed by atoms with van der Waals surface area (Å²) in [5.74, 6) is 0. The minimum Gasteiger partial charge on any atom is -0.848 e. The van der Waals surface area contributed by atoms with Crippen molar-refractivity contribution >= 4 is 6.09 Å². The smallest absolute Gasteiger partial charge is 0.451 e. The number of nitrogens with zero attached hydrogens (tertiary/aromatic N) is 1. The molecule has 0 bridgehead atoms. The Morgan fingerprint density at radius 1 is 1.67 bits per heavy atom. The maximum Gasteiger partial charge on any atom is 0.451 e. The Labute approximate surface area is 72.5 Å². The van der Waals surface area contributed by atoms with Crippen molar-refractivity contribution in [2.75, 3.05) is 27.7 Å². The van der Waals surface area contributed by atoms with Gasteiger partial charge in [0.05, 0.1) is 27.7 Å². The Hall–Kier alpha value is -0.810. The lowest BCUT2D eigenvalue weighted by Crippen LogP contribution is -2.58. The van der Waals surface area contributed by atoms with Gasteiger partial charge in [0.15, 0.2) is 0 Å². The van der Waals surface area contributed by atoms with E-state index in [1.165, 1.54) is 7.11 Å². The molecule has 1 atom stereocenters. The molecule has 0 aliphatic heterocycles.